The molecule has 0 fully saturated rings. The van der Waals surface area contributed by atoms with Crippen LogP contribution in [0.5, 0.6) is 0 Å². The van der Waals surface area contributed by atoms with E-state index in [4.69, 9.17) is 10.2 Å². The first-order chi connectivity index (χ1) is 8.95. The minimum atomic E-state index is -0.962. The molecule has 0 aliphatic heterocycles. The number of unbranched alkanes of at least 4 members (excludes halogenated alkanes) is 3. The zero-order valence-electron chi connectivity index (χ0n) is 12.3. The van der Waals surface area contributed by atoms with Gasteiger partial charge < -0.3 is 15.1 Å². The Hall–Kier alpha value is -1.10. The summed E-state index contributed by atoms with van der Waals surface area (Å²) in [5.74, 6) is -2.41. The van der Waals surface area contributed by atoms with Gasteiger partial charge in [0.15, 0.2) is 0 Å². The second-order valence-corrected chi connectivity index (χ2v) is 5.03. The van der Waals surface area contributed by atoms with Crippen LogP contribution in [0.2, 0.25) is 0 Å². The van der Waals surface area contributed by atoms with E-state index >= 15 is 0 Å². The topological polar surface area (TPSA) is 77.8 Å². The van der Waals surface area contributed by atoms with E-state index in [0.717, 1.165) is 25.7 Å². The standard InChI is InChI=1S/C14H27NO4/c1-4-5-6-7-8-15(9-10-16)13(17)11(2)12(3)14(18)19/h11-12,16H,4-10H2,1-3H3,(H,18,19). The molecule has 2 atom stereocenters. The Morgan fingerprint density at radius 1 is 1.05 bits per heavy atom. The Balaban J connectivity index is 4.42. The number of aliphatic hydroxyl groups is 1. The van der Waals surface area contributed by atoms with Crippen LogP contribution in [0.15, 0.2) is 0 Å². The Bertz CT molecular complexity index is 281. The fourth-order valence-corrected chi connectivity index (χ4v) is 1.90. The van der Waals surface area contributed by atoms with Crippen LogP contribution >= 0.6 is 0 Å². The normalized spacial score (nSPS) is 13.9. The number of carbonyl (C=O) groups is 2. The number of hydrogen-bond acceptors (Lipinski definition) is 3. The first-order valence-corrected chi connectivity index (χ1v) is 7.08. The number of amides is 1. The average molecular weight is 273 g/mol. The molecule has 0 aromatic carbocycles. The summed E-state index contributed by atoms with van der Waals surface area (Å²) < 4.78 is 0. The smallest absolute Gasteiger partial charge is 0.307 e. The monoisotopic (exact) mass is 273 g/mol. The first kappa shape index (κ1) is 17.9. The van der Waals surface area contributed by atoms with Crippen molar-refractivity contribution in [1.29, 1.82) is 0 Å². The first-order valence-electron chi connectivity index (χ1n) is 7.08. The van der Waals surface area contributed by atoms with Gasteiger partial charge in [-0.05, 0) is 6.42 Å². The number of rotatable bonds is 10. The van der Waals surface area contributed by atoms with Gasteiger partial charge in [0.05, 0.1) is 12.5 Å². The summed E-state index contributed by atoms with van der Waals surface area (Å²) in [7, 11) is 0. The van der Waals surface area contributed by atoms with Crippen molar-refractivity contribution in [1.82, 2.24) is 4.90 Å². The Labute approximate surface area is 115 Å². The number of nitrogens with zero attached hydrogens (tertiary/aromatic N) is 1. The van der Waals surface area contributed by atoms with E-state index in [2.05, 4.69) is 6.92 Å². The van der Waals surface area contributed by atoms with Gasteiger partial charge >= 0.3 is 5.97 Å². The molecule has 5 heteroatoms. The zero-order valence-corrected chi connectivity index (χ0v) is 12.3. The summed E-state index contributed by atoms with van der Waals surface area (Å²) in [6.07, 6.45) is 4.20. The maximum Gasteiger partial charge on any atom is 0.307 e. The minimum Gasteiger partial charge on any atom is -0.481 e. The fraction of sp³-hybridized carbons (Fsp3) is 0.857. The lowest BCUT2D eigenvalue weighted by molar-refractivity contribution is -0.149. The Morgan fingerprint density at radius 3 is 2.16 bits per heavy atom. The van der Waals surface area contributed by atoms with E-state index in [0.29, 0.717) is 6.54 Å². The van der Waals surface area contributed by atoms with Gasteiger partial charge in [-0.3, -0.25) is 9.59 Å². The van der Waals surface area contributed by atoms with Crippen LogP contribution in [0.4, 0.5) is 0 Å². The van der Waals surface area contributed by atoms with Gasteiger partial charge in [0.1, 0.15) is 0 Å². The predicted molar refractivity (Wildman–Crippen MR) is 73.8 cm³/mol. The molecule has 0 heterocycles. The van der Waals surface area contributed by atoms with Crippen LogP contribution < -0.4 is 0 Å². The summed E-state index contributed by atoms with van der Waals surface area (Å²) in [5, 5.41) is 17.9. The second kappa shape index (κ2) is 9.78. The Morgan fingerprint density at radius 2 is 1.68 bits per heavy atom. The fourth-order valence-electron chi connectivity index (χ4n) is 1.90. The van der Waals surface area contributed by atoms with Crippen molar-refractivity contribution >= 4 is 11.9 Å². The number of carbonyl (C=O) groups excluding carboxylic acids is 1. The van der Waals surface area contributed by atoms with Crippen molar-refractivity contribution in [3.05, 3.63) is 0 Å². The number of aliphatic carboxylic acids is 1. The van der Waals surface area contributed by atoms with Crippen LogP contribution in [-0.4, -0.2) is 46.7 Å². The molecule has 0 aromatic heterocycles. The molecule has 0 aliphatic carbocycles. The van der Waals surface area contributed by atoms with E-state index in [1.807, 2.05) is 0 Å². The minimum absolute atomic E-state index is 0.0896. The van der Waals surface area contributed by atoms with Crippen LogP contribution in [0.1, 0.15) is 46.5 Å². The average Bonchev–Trinajstić information content (AvgIpc) is 2.39. The Kier molecular flexibility index (Phi) is 9.21. The van der Waals surface area contributed by atoms with Crippen molar-refractivity contribution < 1.29 is 19.8 Å². The number of aliphatic hydroxyl groups excluding tert-OH is 1. The molecule has 2 N–H and O–H groups in total. The molecular weight excluding hydrogens is 246 g/mol. The third-order valence-electron chi connectivity index (χ3n) is 3.49. The summed E-state index contributed by atoms with van der Waals surface area (Å²) in [6, 6.07) is 0. The molecule has 0 spiro atoms. The summed E-state index contributed by atoms with van der Waals surface area (Å²) in [4.78, 5) is 24.7. The molecule has 0 saturated heterocycles. The predicted octanol–water partition coefficient (Wildman–Crippen LogP) is 1.74. The molecule has 2 unspecified atom stereocenters. The van der Waals surface area contributed by atoms with Crippen molar-refractivity contribution in [2.75, 3.05) is 19.7 Å². The maximum atomic E-state index is 12.2. The lowest BCUT2D eigenvalue weighted by Crippen LogP contribution is -2.41. The highest BCUT2D eigenvalue weighted by atomic mass is 16.4. The summed E-state index contributed by atoms with van der Waals surface area (Å²) in [5.41, 5.74) is 0. The number of carboxylic acids is 1. The van der Waals surface area contributed by atoms with Crippen LogP contribution in [-0.2, 0) is 9.59 Å². The van der Waals surface area contributed by atoms with Crippen LogP contribution in [0.25, 0.3) is 0 Å². The lowest BCUT2D eigenvalue weighted by atomic mass is 9.94. The highest BCUT2D eigenvalue weighted by Crippen LogP contribution is 2.15. The van der Waals surface area contributed by atoms with Gasteiger partial charge in [0.2, 0.25) is 5.91 Å². The van der Waals surface area contributed by atoms with Gasteiger partial charge in [0, 0.05) is 19.0 Å². The molecule has 19 heavy (non-hydrogen) atoms. The highest BCUT2D eigenvalue weighted by Gasteiger charge is 2.28. The molecular formula is C14H27NO4. The maximum absolute atomic E-state index is 12.2. The molecule has 0 saturated carbocycles. The largest absolute Gasteiger partial charge is 0.481 e. The van der Waals surface area contributed by atoms with Crippen molar-refractivity contribution in [3.63, 3.8) is 0 Å². The van der Waals surface area contributed by atoms with Crippen molar-refractivity contribution in [3.8, 4) is 0 Å². The molecule has 5 nitrogen and oxygen atoms in total. The van der Waals surface area contributed by atoms with Gasteiger partial charge in [-0.25, -0.2) is 0 Å². The SMILES string of the molecule is CCCCCCN(CCO)C(=O)C(C)C(C)C(=O)O. The van der Waals surface area contributed by atoms with Crippen LogP contribution in [0, 0.1) is 11.8 Å². The van der Waals surface area contributed by atoms with Gasteiger partial charge in [-0.2, -0.15) is 0 Å². The van der Waals surface area contributed by atoms with Crippen molar-refractivity contribution in [2.45, 2.75) is 46.5 Å². The third kappa shape index (κ3) is 6.57. The van der Waals surface area contributed by atoms with E-state index in [1.54, 1.807) is 18.7 Å². The summed E-state index contributed by atoms with van der Waals surface area (Å²) >= 11 is 0. The van der Waals surface area contributed by atoms with Gasteiger partial charge in [0.25, 0.3) is 0 Å². The van der Waals surface area contributed by atoms with Gasteiger partial charge in [-0.1, -0.05) is 40.0 Å². The molecule has 0 radical (unpaired) electrons. The molecule has 0 aliphatic rings. The number of carboxylic acid groups (broad SMARTS) is 1. The molecule has 0 aromatic rings. The summed E-state index contributed by atoms with van der Waals surface area (Å²) in [6.45, 7) is 6.08. The lowest BCUT2D eigenvalue weighted by Gasteiger charge is -2.26. The molecule has 0 rings (SSSR count). The second-order valence-electron chi connectivity index (χ2n) is 5.03. The number of hydrogen-bond donors (Lipinski definition) is 2. The highest BCUT2D eigenvalue weighted by molar-refractivity contribution is 5.84. The zero-order chi connectivity index (χ0) is 14.8. The van der Waals surface area contributed by atoms with Crippen LogP contribution in [0.3, 0.4) is 0 Å². The quantitative estimate of drug-likeness (QED) is 0.594. The molecule has 112 valence electrons. The van der Waals surface area contributed by atoms with E-state index in [1.165, 1.54) is 0 Å². The van der Waals surface area contributed by atoms with Gasteiger partial charge in [-0.15, -0.1) is 0 Å². The van der Waals surface area contributed by atoms with Crippen molar-refractivity contribution in [2.24, 2.45) is 11.8 Å². The third-order valence-corrected chi connectivity index (χ3v) is 3.49. The van der Waals surface area contributed by atoms with E-state index < -0.39 is 17.8 Å². The molecule has 0 bridgehead atoms. The van der Waals surface area contributed by atoms with E-state index in [-0.39, 0.29) is 19.1 Å². The van der Waals surface area contributed by atoms with E-state index in [9.17, 15) is 9.59 Å². The molecule has 1 amide bonds.